The topological polar surface area (TPSA) is 137 Å². The number of aromatic nitrogens is 3. The number of allylic oxidation sites excluding steroid dienone is 4. The Kier molecular flexibility index (Phi) is 8.86. The number of pyridine rings is 1. The maximum atomic E-state index is 13.7. The first-order chi connectivity index (χ1) is 19.0. The van der Waals surface area contributed by atoms with Crippen molar-refractivity contribution >= 4 is 39.1 Å². The predicted molar refractivity (Wildman–Crippen MR) is 154 cm³/mol. The van der Waals surface area contributed by atoms with E-state index < -0.39 is 15.9 Å². The van der Waals surface area contributed by atoms with E-state index in [2.05, 4.69) is 32.2 Å². The summed E-state index contributed by atoms with van der Waals surface area (Å²) < 4.78 is 23.4. The monoisotopic (exact) mass is 580 g/mol. The van der Waals surface area contributed by atoms with Gasteiger partial charge in [-0.1, -0.05) is 30.3 Å². The standard InChI is InChI=1S/C28H29ClN6O4S/c1-4-23(40(3,38)39)9-5-18(2)33-28(37)34-21-8-6-19-13-26(25-10-7-20(29)15-31-25)35(27(36)24(19)14-21)12-11-22-16-30-17-32-22/h4-10,14-17,26H,1,11-13H2,2-3H3,(H,30,32)(H2,33,34,37)/b18-5+,23-9+. The molecule has 3 aromatic rings. The number of benzene rings is 1. The summed E-state index contributed by atoms with van der Waals surface area (Å²) in [6.45, 7) is 5.55. The molecule has 1 atom stereocenters. The first kappa shape index (κ1) is 28.8. The number of nitrogens with one attached hydrogen (secondary N) is 3. The van der Waals surface area contributed by atoms with E-state index >= 15 is 0 Å². The van der Waals surface area contributed by atoms with E-state index in [-0.39, 0.29) is 16.9 Å². The van der Waals surface area contributed by atoms with Crippen molar-refractivity contribution in [3.05, 3.63) is 112 Å². The molecule has 1 aliphatic rings. The number of aromatic amines is 1. The van der Waals surface area contributed by atoms with Crippen LogP contribution in [0, 0.1) is 0 Å². The molecule has 2 aromatic heterocycles. The number of nitrogens with zero attached hydrogens (tertiary/aromatic N) is 3. The fraction of sp³-hybridized carbons (Fsp3) is 0.214. The molecule has 0 fully saturated rings. The van der Waals surface area contributed by atoms with E-state index in [1.54, 1.807) is 48.7 Å². The second-order valence-corrected chi connectivity index (χ2v) is 11.7. The third kappa shape index (κ3) is 7.04. The molecule has 10 nitrogen and oxygen atoms in total. The molecule has 1 unspecified atom stereocenters. The van der Waals surface area contributed by atoms with E-state index in [1.165, 1.54) is 18.2 Å². The number of fused-ring (bicyclic) bond motifs is 1. The molecule has 40 heavy (non-hydrogen) atoms. The predicted octanol–water partition coefficient (Wildman–Crippen LogP) is 4.58. The molecule has 0 bridgehead atoms. The van der Waals surface area contributed by atoms with Crippen molar-refractivity contribution in [1.29, 1.82) is 0 Å². The van der Waals surface area contributed by atoms with Gasteiger partial charge in [-0.3, -0.25) is 9.78 Å². The van der Waals surface area contributed by atoms with Gasteiger partial charge in [-0.15, -0.1) is 0 Å². The molecule has 0 saturated heterocycles. The lowest BCUT2D eigenvalue weighted by molar-refractivity contribution is 0.0645. The van der Waals surface area contributed by atoms with Crippen molar-refractivity contribution in [3.8, 4) is 0 Å². The van der Waals surface area contributed by atoms with Crippen molar-refractivity contribution in [2.45, 2.75) is 25.8 Å². The van der Waals surface area contributed by atoms with Crippen molar-refractivity contribution in [3.63, 3.8) is 0 Å². The van der Waals surface area contributed by atoms with Crippen molar-refractivity contribution in [2.75, 3.05) is 18.1 Å². The van der Waals surface area contributed by atoms with Gasteiger partial charge in [-0.2, -0.15) is 0 Å². The summed E-state index contributed by atoms with van der Waals surface area (Å²) in [7, 11) is -3.43. The van der Waals surface area contributed by atoms with Crippen LogP contribution in [0.4, 0.5) is 10.5 Å². The van der Waals surface area contributed by atoms with Crippen LogP contribution in [0.25, 0.3) is 0 Å². The van der Waals surface area contributed by atoms with Crippen LogP contribution in [0.3, 0.4) is 0 Å². The highest BCUT2D eigenvalue weighted by Crippen LogP contribution is 2.34. The van der Waals surface area contributed by atoms with Crippen LogP contribution in [0.15, 0.2) is 84.5 Å². The number of H-pyrrole nitrogens is 1. The zero-order chi connectivity index (χ0) is 28.9. The number of amides is 3. The Morgan fingerprint density at radius 3 is 2.70 bits per heavy atom. The van der Waals surface area contributed by atoms with Gasteiger partial charge in [-0.05, 0) is 55.3 Å². The molecule has 0 saturated carbocycles. The lowest BCUT2D eigenvalue weighted by atomic mass is 9.90. The van der Waals surface area contributed by atoms with Crippen molar-refractivity contribution in [2.24, 2.45) is 0 Å². The first-order valence-corrected chi connectivity index (χ1v) is 14.6. The number of imidazole rings is 1. The Morgan fingerprint density at radius 2 is 2.05 bits per heavy atom. The number of halogens is 1. The van der Waals surface area contributed by atoms with Crippen LogP contribution in [-0.4, -0.2) is 53.0 Å². The summed E-state index contributed by atoms with van der Waals surface area (Å²) in [5, 5.41) is 5.89. The number of urea groups is 1. The molecule has 12 heteroatoms. The summed E-state index contributed by atoms with van der Waals surface area (Å²) in [4.78, 5) is 39.8. The van der Waals surface area contributed by atoms with Crippen molar-refractivity contribution in [1.82, 2.24) is 25.2 Å². The van der Waals surface area contributed by atoms with Gasteiger partial charge in [0, 0.05) is 48.6 Å². The Bertz CT molecular complexity index is 1580. The van der Waals surface area contributed by atoms with Crippen LogP contribution in [0.2, 0.25) is 5.02 Å². The minimum atomic E-state index is -3.43. The smallest absolute Gasteiger partial charge is 0.323 e. The largest absolute Gasteiger partial charge is 0.351 e. The average molecular weight is 581 g/mol. The van der Waals surface area contributed by atoms with Gasteiger partial charge in [-0.25, -0.2) is 18.2 Å². The molecule has 1 aromatic carbocycles. The maximum Gasteiger partial charge on any atom is 0.323 e. The van der Waals surface area contributed by atoms with Gasteiger partial charge >= 0.3 is 6.03 Å². The number of sulfone groups is 1. The summed E-state index contributed by atoms with van der Waals surface area (Å²) in [6, 6.07) is 7.97. The molecule has 3 amide bonds. The van der Waals surface area contributed by atoms with Gasteiger partial charge in [0.1, 0.15) is 0 Å². The highest BCUT2D eigenvalue weighted by atomic mass is 35.5. The SMILES string of the molecule is C=C/C(=C\C=C(/C)NC(=O)Nc1ccc2c(c1)C(=O)N(CCc1c[nH]cn1)C(c1ccc(Cl)cn1)C2)S(C)(=O)=O. The fourth-order valence-electron chi connectivity index (χ4n) is 4.35. The number of hydrogen-bond acceptors (Lipinski definition) is 6. The molecular weight excluding hydrogens is 552 g/mol. The first-order valence-electron chi connectivity index (χ1n) is 12.4. The van der Waals surface area contributed by atoms with Gasteiger partial charge in [0.25, 0.3) is 5.91 Å². The van der Waals surface area contributed by atoms with Crippen LogP contribution in [0.5, 0.6) is 0 Å². The van der Waals surface area contributed by atoms with E-state index in [1.807, 2.05) is 12.1 Å². The van der Waals surface area contributed by atoms with E-state index in [4.69, 9.17) is 11.6 Å². The minimum Gasteiger partial charge on any atom is -0.351 e. The molecule has 0 spiro atoms. The molecule has 0 aliphatic carbocycles. The minimum absolute atomic E-state index is 0.0335. The molecule has 3 heterocycles. The summed E-state index contributed by atoms with van der Waals surface area (Å²) in [6.07, 6.45) is 11.2. The summed E-state index contributed by atoms with van der Waals surface area (Å²) >= 11 is 6.04. The number of carbonyl (C=O) groups excluding carboxylic acids is 2. The second kappa shape index (κ2) is 12.3. The third-order valence-electron chi connectivity index (χ3n) is 6.34. The van der Waals surface area contributed by atoms with E-state index in [0.29, 0.717) is 41.4 Å². The Morgan fingerprint density at radius 1 is 1.25 bits per heavy atom. The van der Waals surface area contributed by atoms with Gasteiger partial charge in [0.2, 0.25) is 0 Å². The zero-order valence-corrected chi connectivity index (χ0v) is 23.6. The molecular formula is C28H29ClN6O4S. The summed E-state index contributed by atoms with van der Waals surface area (Å²) in [5.41, 5.74) is 3.75. The number of carbonyl (C=O) groups is 2. The van der Waals surface area contributed by atoms with E-state index in [9.17, 15) is 18.0 Å². The highest BCUT2D eigenvalue weighted by molar-refractivity contribution is 7.94. The average Bonchev–Trinajstić information content (AvgIpc) is 3.42. The Balaban J connectivity index is 1.53. The molecule has 4 rings (SSSR count). The molecule has 3 N–H and O–H groups in total. The quantitative estimate of drug-likeness (QED) is 0.317. The lowest BCUT2D eigenvalue weighted by Gasteiger charge is -2.36. The lowest BCUT2D eigenvalue weighted by Crippen LogP contribution is -2.42. The zero-order valence-electron chi connectivity index (χ0n) is 22.0. The highest BCUT2D eigenvalue weighted by Gasteiger charge is 2.34. The normalized spacial score (nSPS) is 15.9. The van der Waals surface area contributed by atoms with Gasteiger partial charge in [0.15, 0.2) is 9.84 Å². The van der Waals surface area contributed by atoms with Crippen LogP contribution >= 0.6 is 11.6 Å². The molecule has 208 valence electrons. The Labute approximate surface area is 237 Å². The second-order valence-electron chi connectivity index (χ2n) is 9.28. The fourth-order valence-corrected chi connectivity index (χ4v) is 5.08. The molecule has 1 aliphatic heterocycles. The number of rotatable bonds is 9. The van der Waals surface area contributed by atoms with Gasteiger partial charge in [0.05, 0.1) is 33.7 Å². The van der Waals surface area contributed by atoms with Crippen LogP contribution in [0.1, 0.15) is 40.3 Å². The number of anilines is 1. The number of hydrogen-bond donors (Lipinski definition) is 3. The Hall–Kier alpha value is -4.22. The summed E-state index contributed by atoms with van der Waals surface area (Å²) in [5.74, 6) is -0.179. The van der Waals surface area contributed by atoms with Gasteiger partial charge < -0.3 is 20.5 Å². The third-order valence-corrected chi connectivity index (χ3v) is 7.72. The van der Waals surface area contributed by atoms with Crippen molar-refractivity contribution < 1.29 is 18.0 Å². The molecule has 0 radical (unpaired) electrons. The van der Waals surface area contributed by atoms with E-state index in [0.717, 1.165) is 23.2 Å². The maximum absolute atomic E-state index is 13.7. The van der Waals surface area contributed by atoms with Crippen LogP contribution in [-0.2, 0) is 22.7 Å². The van der Waals surface area contributed by atoms with Crippen LogP contribution < -0.4 is 10.6 Å².